The molecule has 6 heteroatoms. The Balaban J connectivity index is 1.78. The van der Waals surface area contributed by atoms with Gasteiger partial charge in [-0.25, -0.2) is 0 Å². The third-order valence-electron chi connectivity index (χ3n) is 4.06. The molecule has 122 valence electrons. The number of non-ortho nitro benzene ring substituents is 1. The molecule has 1 aromatic carbocycles. The van der Waals surface area contributed by atoms with Crippen LogP contribution in [0.4, 0.5) is 5.69 Å². The SMILES string of the molecule is O=[N+]([O-])c1cccc(OC[C@H](O)C[NH+]2CCCCCCC2)c1. The van der Waals surface area contributed by atoms with E-state index in [0.29, 0.717) is 12.3 Å². The fourth-order valence-electron chi connectivity index (χ4n) is 2.88. The van der Waals surface area contributed by atoms with E-state index < -0.39 is 11.0 Å². The molecular weight excluding hydrogens is 284 g/mol. The van der Waals surface area contributed by atoms with Gasteiger partial charge in [-0.15, -0.1) is 0 Å². The van der Waals surface area contributed by atoms with Gasteiger partial charge < -0.3 is 14.7 Å². The molecule has 1 aliphatic heterocycles. The molecule has 0 radical (unpaired) electrons. The van der Waals surface area contributed by atoms with E-state index >= 15 is 0 Å². The van der Waals surface area contributed by atoms with Crippen LogP contribution < -0.4 is 9.64 Å². The average molecular weight is 309 g/mol. The molecule has 2 rings (SSSR count). The Labute approximate surface area is 130 Å². The minimum atomic E-state index is -0.548. The lowest BCUT2D eigenvalue weighted by Crippen LogP contribution is -3.13. The lowest BCUT2D eigenvalue weighted by Gasteiger charge is -2.24. The van der Waals surface area contributed by atoms with Crippen molar-refractivity contribution in [3.05, 3.63) is 34.4 Å². The number of nitro benzene ring substituents is 1. The summed E-state index contributed by atoms with van der Waals surface area (Å²) in [5.41, 5.74) is 0.00128. The van der Waals surface area contributed by atoms with Crippen molar-refractivity contribution >= 4 is 5.69 Å². The van der Waals surface area contributed by atoms with E-state index in [9.17, 15) is 15.2 Å². The van der Waals surface area contributed by atoms with E-state index in [4.69, 9.17) is 4.74 Å². The largest absolute Gasteiger partial charge is 0.490 e. The summed E-state index contributed by atoms with van der Waals surface area (Å²) in [6.45, 7) is 3.06. The van der Waals surface area contributed by atoms with Gasteiger partial charge in [-0.05, 0) is 31.7 Å². The zero-order valence-electron chi connectivity index (χ0n) is 12.9. The van der Waals surface area contributed by atoms with Crippen molar-refractivity contribution < 1.29 is 19.7 Å². The van der Waals surface area contributed by atoms with Gasteiger partial charge in [0.1, 0.15) is 25.0 Å². The fraction of sp³-hybridized carbons (Fsp3) is 0.625. The Morgan fingerprint density at radius 3 is 2.59 bits per heavy atom. The highest BCUT2D eigenvalue weighted by molar-refractivity contribution is 5.37. The maximum absolute atomic E-state index is 10.7. The Morgan fingerprint density at radius 1 is 1.23 bits per heavy atom. The number of benzene rings is 1. The number of ether oxygens (including phenoxy) is 1. The topological polar surface area (TPSA) is 77.0 Å². The first-order valence-electron chi connectivity index (χ1n) is 8.04. The summed E-state index contributed by atoms with van der Waals surface area (Å²) in [6, 6.07) is 6.06. The van der Waals surface area contributed by atoms with Gasteiger partial charge >= 0.3 is 0 Å². The van der Waals surface area contributed by atoms with E-state index in [2.05, 4.69) is 0 Å². The Morgan fingerprint density at radius 2 is 1.91 bits per heavy atom. The number of rotatable bonds is 6. The second-order valence-electron chi connectivity index (χ2n) is 5.94. The van der Waals surface area contributed by atoms with Crippen LogP contribution in [0.3, 0.4) is 0 Å². The number of aliphatic hydroxyl groups excluding tert-OH is 1. The highest BCUT2D eigenvalue weighted by Crippen LogP contribution is 2.19. The molecule has 0 unspecified atom stereocenters. The molecule has 2 N–H and O–H groups in total. The minimum Gasteiger partial charge on any atom is -0.490 e. The van der Waals surface area contributed by atoms with Crippen molar-refractivity contribution in [2.45, 2.75) is 38.2 Å². The Hall–Kier alpha value is -1.66. The summed E-state index contributed by atoms with van der Waals surface area (Å²) in [5, 5.41) is 20.8. The van der Waals surface area contributed by atoms with Crippen LogP contribution in [0.5, 0.6) is 5.75 Å². The van der Waals surface area contributed by atoms with Crippen LogP contribution in [0.2, 0.25) is 0 Å². The normalized spacial score (nSPS) is 18.2. The van der Waals surface area contributed by atoms with Crippen molar-refractivity contribution in [3.8, 4) is 5.75 Å². The number of hydrogen-bond donors (Lipinski definition) is 2. The summed E-state index contributed by atoms with van der Waals surface area (Å²) < 4.78 is 5.49. The predicted octanol–water partition coefficient (Wildman–Crippen LogP) is 1.18. The van der Waals surface area contributed by atoms with Crippen LogP contribution in [-0.4, -0.2) is 42.4 Å². The molecule has 1 fully saturated rings. The molecule has 6 nitrogen and oxygen atoms in total. The molecule has 1 saturated heterocycles. The first kappa shape index (κ1) is 16.7. The molecule has 0 aliphatic carbocycles. The van der Waals surface area contributed by atoms with E-state index in [1.807, 2.05) is 0 Å². The molecule has 1 heterocycles. The Kier molecular flexibility index (Phi) is 6.61. The predicted molar refractivity (Wildman–Crippen MR) is 83.2 cm³/mol. The van der Waals surface area contributed by atoms with Gasteiger partial charge in [0.2, 0.25) is 0 Å². The maximum Gasteiger partial charge on any atom is 0.273 e. The van der Waals surface area contributed by atoms with Gasteiger partial charge in [-0.1, -0.05) is 12.5 Å². The van der Waals surface area contributed by atoms with Gasteiger partial charge in [0.15, 0.2) is 0 Å². The summed E-state index contributed by atoms with van der Waals surface area (Å²) in [7, 11) is 0. The van der Waals surface area contributed by atoms with Crippen LogP contribution in [0, 0.1) is 10.1 Å². The number of quaternary nitrogens is 1. The Bertz CT molecular complexity index is 473. The smallest absolute Gasteiger partial charge is 0.273 e. The van der Waals surface area contributed by atoms with Crippen molar-refractivity contribution in [1.29, 1.82) is 0 Å². The number of likely N-dealkylation sites (tertiary alicyclic amines) is 1. The summed E-state index contributed by atoms with van der Waals surface area (Å²) >= 11 is 0. The summed E-state index contributed by atoms with van der Waals surface area (Å²) in [4.78, 5) is 11.7. The molecule has 1 aromatic rings. The third-order valence-corrected chi connectivity index (χ3v) is 4.06. The van der Waals surface area contributed by atoms with Crippen molar-refractivity contribution in [1.82, 2.24) is 0 Å². The zero-order chi connectivity index (χ0) is 15.8. The molecule has 0 spiro atoms. The van der Waals surface area contributed by atoms with Gasteiger partial charge in [-0.3, -0.25) is 10.1 Å². The maximum atomic E-state index is 10.7. The van der Waals surface area contributed by atoms with E-state index in [0.717, 1.165) is 13.1 Å². The highest BCUT2D eigenvalue weighted by atomic mass is 16.6. The van der Waals surface area contributed by atoms with Crippen molar-refractivity contribution in [3.63, 3.8) is 0 Å². The molecular formula is C16H25N2O4+. The average Bonchev–Trinajstić information content (AvgIpc) is 2.48. The third kappa shape index (κ3) is 5.61. The van der Waals surface area contributed by atoms with E-state index in [1.54, 1.807) is 12.1 Å². The fourth-order valence-corrected chi connectivity index (χ4v) is 2.88. The number of nitrogens with zero attached hydrogens (tertiary/aromatic N) is 1. The summed E-state index contributed by atoms with van der Waals surface area (Å²) in [6.07, 6.45) is 5.77. The van der Waals surface area contributed by atoms with Crippen molar-refractivity contribution in [2.24, 2.45) is 0 Å². The molecule has 0 bridgehead atoms. The molecule has 1 atom stereocenters. The number of nitro groups is 1. The van der Waals surface area contributed by atoms with Crippen LogP contribution in [0.15, 0.2) is 24.3 Å². The monoisotopic (exact) mass is 309 g/mol. The molecule has 1 aliphatic rings. The van der Waals surface area contributed by atoms with Crippen LogP contribution in [-0.2, 0) is 0 Å². The molecule has 0 amide bonds. The lowest BCUT2D eigenvalue weighted by molar-refractivity contribution is -0.904. The van der Waals surface area contributed by atoms with Gasteiger partial charge in [-0.2, -0.15) is 0 Å². The van der Waals surface area contributed by atoms with E-state index in [-0.39, 0.29) is 12.3 Å². The quantitative estimate of drug-likeness (QED) is 0.611. The first-order chi connectivity index (χ1) is 10.6. The number of hydrogen-bond acceptors (Lipinski definition) is 4. The van der Waals surface area contributed by atoms with E-state index in [1.165, 1.54) is 49.1 Å². The number of nitrogens with one attached hydrogen (secondary N) is 1. The van der Waals surface area contributed by atoms with Gasteiger partial charge in [0.05, 0.1) is 24.1 Å². The minimum absolute atomic E-state index is 0.00128. The second kappa shape index (κ2) is 8.70. The molecule has 0 saturated carbocycles. The standard InChI is InChI=1S/C16H24N2O4/c19-15(12-17-9-4-2-1-3-5-10-17)13-22-16-8-6-7-14(11-16)18(20)21/h6-8,11,15,19H,1-5,9-10,12-13H2/p+1/t15-/m1/s1. The molecule has 22 heavy (non-hydrogen) atoms. The van der Waals surface area contributed by atoms with Gasteiger partial charge in [0.25, 0.3) is 5.69 Å². The number of aliphatic hydroxyl groups is 1. The van der Waals surface area contributed by atoms with Crippen LogP contribution in [0.25, 0.3) is 0 Å². The van der Waals surface area contributed by atoms with Crippen LogP contribution >= 0.6 is 0 Å². The second-order valence-corrected chi connectivity index (χ2v) is 5.94. The summed E-state index contributed by atoms with van der Waals surface area (Å²) in [5.74, 6) is 0.427. The first-order valence-corrected chi connectivity index (χ1v) is 8.04. The zero-order valence-corrected chi connectivity index (χ0v) is 12.9. The lowest BCUT2D eigenvalue weighted by atomic mass is 10.1. The highest BCUT2D eigenvalue weighted by Gasteiger charge is 2.17. The van der Waals surface area contributed by atoms with Crippen LogP contribution in [0.1, 0.15) is 32.1 Å². The molecule has 0 aromatic heterocycles. The van der Waals surface area contributed by atoms with Crippen molar-refractivity contribution in [2.75, 3.05) is 26.2 Å². The van der Waals surface area contributed by atoms with Gasteiger partial charge in [0, 0.05) is 6.07 Å².